The van der Waals surface area contributed by atoms with Crippen molar-refractivity contribution in [1.29, 1.82) is 0 Å². The Morgan fingerprint density at radius 2 is 2.38 bits per heavy atom. The van der Waals surface area contributed by atoms with Gasteiger partial charge in [-0.3, -0.25) is 0 Å². The van der Waals surface area contributed by atoms with Crippen LogP contribution in [0, 0.1) is 0 Å². The first kappa shape index (κ1) is 12.8. The van der Waals surface area contributed by atoms with Gasteiger partial charge < -0.3 is 14.5 Å². The van der Waals surface area contributed by atoms with Crippen LogP contribution in [0.3, 0.4) is 0 Å². The number of esters is 1. The van der Waals surface area contributed by atoms with Crippen LogP contribution in [0.2, 0.25) is 0 Å². The normalized spacial score (nSPS) is 12.4. The van der Waals surface area contributed by atoms with Gasteiger partial charge in [-0.2, -0.15) is 0 Å². The van der Waals surface area contributed by atoms with Crippen molar-refractivity contribution < 1.29 is 13.9 Å². The molecular formula is C12H19NO3. The standard InChI is InChI=1S/C12H19NO3/c1-4-5-9(2)13-7-11-6-10(8-16-11)12(14)15-3/h6,8-9,13H,4-5,7H2,1-3H3. The third kappa shape index (κ3) is 3.70. The average Bonchev–Trinajstić information content (AvgIpc) is 2.74. The highest BCUT2D eigenvalue weighted by molar-refractivity contribution is 5.88. The van der Waals surface area contributed by atoms with Gasteiger partial charge in [0.15, 0.2) is 0 Å². The Hall–Kier alpha value is -1.29. The number of furan rings is 1. The lowest BCUT2D eigenvalue weighted by atomic mass is 10.2. The van der Waals surface area contributed by atoms with E-state index < -0.39 is 0 Å². The van der Waals surface area contributed by atoms with Crippen LogP contribution in [-0.4, -0.2) is 19.1 Å². The van der Waals surface area contributed by atoms with Crippen LogP contribution < -0.4 is 5.32 Å². The fraction of sp³-hybridized carbons (Fsp3) is 0.583. The summed E-state index contributed by atoms with van der Waals surface area (Å²) in [6, 6.07) is 2.16. The molecule has 1 rings (SSSR count). The quantitative estimate of drug-likeness (QED) is 0.755. The first-order chi connectivity index (χ1) is 7.67. The lowest BCUT2D eigenvalue weighted by molar-refractivity contribution is 0.0600. The van der Waals surface area contributed by atoms with Crippen molar-refractivity contribution in [3.8, 4) is 0 Å². The molecule has 0 aliphatic heterocycles. The number of ether oxygens (including phenoxy) is 1. The van der Waals surface area contributed by atoms with Gasteiger partial charge in [0.1, 0.15) is 12.0 Å². The van der Waals surface area contributed by atoms with E-state index >= 15 is 0 Å². The van der Waals surface area contributed by atoms with Crippen LogP contribution in [-0.2, 0) is 11.3 Å². The van der Waals surface area contributed by atoms with Crippen molar-refractivity contribution >= 4 is 5.97 Å². The largest absolute Gasteiger partial charge is 0.467 e. The fourth-order valence-electron chi connectivity index (χ4n) is 1.51. The van der Waals surface area contributed by atoms with E-state index in [2.05, 4.69) is 23.9 Å². The summed E-state index contributed by atoms with van der Waals surface area (Å²) in [5.41, 5.74) is 0.461. The summed E-state index contributed by atoms with van der Waals surface area (Å²) in [5, 5.41) is 3.32. The Morgan fingerprint density at radius 1 is 1.62 bits per heavy atom. The maximum Gasteiger partial charge on any atom is 0.341 e. The predicted octanol–water partition coefficient (Wildman–Crippen LogP) is 2.34. The van der Waals surface area contributed by atoms with Crippen LogP contribution in [0.15, 0.2) is 16.7 Å². The molecule has 1 atom stereocenters. The SMILES string of the molecule is CCCC(C)NCc1cc(C(=O)OC)co1. The third-order valence-electron chi connectivity index (χ3n) is 2.42. The van der Waals surface area contributed by atoms with E-state index in [1.807, 2.05) is 0 Å². The van der Waals surface area contributed by atoms with Gasteiger partial charge in [0.2, 0.25) is 0 Å². The van der Waals surface area contributed by atoms with Crippen molar-refractivity contribution in [3.05, 3.63) is 23.7 Å². The van der Waals surface area contributed by atoms with Crippen LogP contribution in [0.25, 0.3) is 0 Å². The fourth-order valence-corrected chi connectivity index (χ4v) is 1.51. The molecular weight excluding hydrogens is 206 g/mol. The number of rotatable bonds is 6. The highest BCUT2D eigenvalue weighted by Gasteiger charge is 2.10. The third-order valence-corrected chi connectivity index (χ3v) is 2.42. The Labute approximate surface area is 96.0 Å². The van der Waals surface area contributed by atoms with E-state index in [-0.39, 0.29) is 5.97 Å². The molecule has 0 radical (unpaired) electrons. The summed E-state index contributed by atoms with van der Waals surface area (Å²) < 4.78 is 9.85. The summed E-state index contributed by atoms with van der Waals surface area (Å²) in [6.45, 7) is 4.92. The van der Waals surface area contributed by atoms with Crippen molar-refractivity contribution in [2.24, 2.45) is 0 Å². The van der Waals surface area contributed by atoms with Crippen molar-refractivity contribution in [3.63, 3.8) is 0 Å². The molecule has 0 saturated heterocycles. The van der Waals surface area contributed by atoms with Crippen LogP contribution in [0.1, 0.15) is 42.8 Å². The molecule has 0 aromatic carbocycles. The van der Waals surface area contributed by atoms with Crippen molar-refractivity contribution in [2.75, 3.05) is 7.11 Å². The molecule has 1 aromatic heterocycles. The minimum Gasteiger partial charge on any atom is -0.467 e. The average molecular weight is 225 g/mol. The molecule has 0 fully saturated rings. The molecule has 1 unspecified atom stereocenters. The molecule has 0 aliphatic rings. The molecule has 0 spiro atoms. The molecule has 1 heterocycles. The summed E-state index contributed by atoms with van der Waals surface area (Å²) in [7, 11) is 1.36. The van der Waals surface area contributed by atoms with Gasteiger partial charge in [-0.1, -0.05) is 13.3 Å². The molecule has 0 saturated carbocycles. The molecule has 4 heteroatoms. The molecule has 4 nitrogen and oxygen atoms in total. The minimum atomic E-state index is -0.364. The lowest BCUT2D eigenvalue weighted by Gasteiger charge is -2.10. The zero-order valence-electron chi connectivity index (χ0n) is 10.1. The molecule has 16 heavy (non-hydrogen) atoms. The van der Waals surface area contributed by atoms with Gasteiger partial charge in [-0.15, -0.1) is 0 Å². The summed E-state index contributed by atoms with van der Waals surface area (Å²) >= 11 is 0. The molecule has 0 amide bonds. The first-order valence-electron chi connectivity index (χ1n) is 5.56. The highest BCUT2D eigenvalue weighted by atomic mass is 16.5. The Bertz CT molecular complexity index is 333. The van der Waals surface area contributed by atoms with Gasteiger partial charge in [0.05, 0.1) is 19.2 Å². The van der Waals surface area contributed by atoms with E-state index in [1.54, 1.807) is 6.07 Å². The second kappa shape index (κ2) is 6.33. The summed E-state index contributed by atoms with van der Waals surface area (Å²) in [6.07, 6.45) is 3.71. The molecule has 1 aromatic rings. The van der Waals surface area contributed by atoms with E-state index in [9.17, 15) is 4.79 Å². The van der Waals surface area contributed by atoms with E-state index in [4.69, 9.17) is 4.42 Å². The highest BCUT2D eigenvalue weighted by Crippen LogP contribution is 2.09. The molecule has 0 aliphatic carbocycles. The van der Waals surface area contributed by atoms with Gasteiger partial charge in [0.25, 0.3) is 0 Å². The van der Waals surface area contributed by atoms with Crippen LogP contribution >= 0.6 is 0 Å². The van der Waals surface area contributed by atoms with Crippen molar-refractivity contribution in [2.45, 2.75) is 39.3 Å². The van der Waals surface area contributed by atoms with Crippen LogP contribution in [0.4, 0.5) is 0 Å². The second-order valence-electron chi connectivity index (χ2n) is 3.86. The zero-order chi connectivity index (χ0) is 12.0. The van der Waals surface area contributed by atoms with E-state index in [1.165, 1.54) is 13.4 Å². The monoisotopic (exact) mass is 225 g/mol. The first-order valence-corrected chi connectivity index (χ1v) is 5.56. The molecule has 90 valence electrons. The number of methoxy groups -OCH3 is 1. The van der Waals surface area contributed by atoms with E-state index in [0.717, 1.165) is 18.6 Å². The van der Waals surface area contributed by atoms with Crippen LogP contribution in [0.5, 0.6) is 0 Å². The topological polar surface area (TPSA) is 51.5 Å². The second-order valence-corrected chi connectivity index (χ2v) is 3.86. The zero-order valence-corrected chi connectivity index (χ0v) is 10.1. The van der Waals surface area contributed by atoms with Crippen molar-refractivity contribution in [1.82, 2.24) is 5.32 Å². The Balaban J connectivity index is 2.43. The van der Waals surface area contributed by atoms with E-state index in [0.29, 0.717) is 18.2 Å². The molecule has 0 bridgehead atoms. The smallest absolute Gasteiger partial charge is 0.341 e. The number of carbonyl (C=O) groups is 1. The predicted molar refractivity (Wildman–Crippen MR) is 61.3 cm³/mol. The summed E-state index contributed by atoms with van der Waals surface area (Å²) in [5.74, 6) is 0.389. The summed E-state index contributed by atoms with van der Waals surface area (Å²) in [4.78, 5) is 11.2. The number of nitrogens with one attached hydrogen (secondary N) is 1. The molecule has 1 N–H and O–H groups in total. The van der Waals surface area contributed by atoms with Gasteiger partial charge in [0, 0.05) is 6.04 Å². The van der Waals surface area contributed by atoms with Gasteiger partial charge >= 0.3 is 5.97 Å². The minimum absolute atomic E-state index is 0.364. The Kier molecular flexibility index (Phi) is 5.05. The van der Waals surface area contributed by atoms with Gasteiger partial charge in [-0.05, 0) is 19.4 Å². The number of hydrogen-bond donors (Lipinski definition) is 1. The maximum absolute atomic E-state index is 11.2. The number of hydrogen-bond acceptors (Lipinski definition) is 4. The maximum atomic E-state index is 11.2. The van der Waals surface area contributed by atoms with Gasteiger partial charge in [-0.25, -0.2) is 4.79 Å². The lowest BCUT2D eigenvalue weighted by Crippen LogP contribution is -2.24. The number of carbonyl (C=O) groups excluding carboxylic acids is 1. The Morgan fingerprint density at radius 3 is 3.00 bits per heavy atom.